The van der Waals surface area contributed by atoms with Gasteiger partial charge in [-0.05, 0) is 73.5 Å². The summed E-state index contributed by atoms with van der Waals surface area (Å²) < 4.78 is 6.40. The summed E-state index contributed by atoms with van der Waals surface area (Å²) in [7, 11) is 0. The first-order chi connectivity index (χ1) is 21.3. The van der Waals surface area contributed by atoms with E-state index in [0.717, 1.165) is 27.3 Å². The molecular formula is C42H28O. The van der Waals surface area contributed by atoms with Crippen molar-refractivity contribution in [3.8, 4) is 11.1 Å². The van der Waals surface area contributed by atoms with Crippen LogP contribution in [0, 0.1) is 11.8 Å². The lowest BCUT2D eigenvalue weighted by molar-refractivity contribution is 0.672. The molecule has 0 spiro atoms. The molecule has 1 heterocycles. The van der Waals surface area contributed by atoms with Gasteiger partial charge in [-0.2, -0.15) is 0 Å². The van der Waals surface area contributed by atoms with Crippen LogP contribution in [0.2, 0.25) is 0 Å². The van der Waals surface area contributed by atoms with E-state index in [0.29, 0.717) is 0 Å². The van der Waals surface area contributed by atoms with Crippen LogP contribution in [0.1, 0.15) is 11.1 Å². The fourth-order valence-electron chi connectivity index (χ4n) is 7.33. The fraction of sp³-hybridized carbons (Fsp3) is 0.0476. The first-order valence-electron chi connectivity index (χ1n) is 15.0. The largest absolute Gasteiger partial charge is 0.455 e. The van der Waals surface area contributed by atoms with Gasteiger partial charge in [0.05, 0.1) is 0 Å². The second kappa shape index (κ2) is 9.58. The first-order valence-corrected chi connectivity index (χ1v) is 15.0. The van der Waals surface area contributed by atoms with Crippen LogP contribution in [0.5, 0.6) is 0 Å². The lowest BCUT2D eigenvalue weighted by atomic mass is 9.70. The third-order valence-electron chi connectivity index (χ3n) is 9.26. The Hall–Kier alpha value is -5.40. The number of hydrogen-bond acceptors (Lipinski definition) is 1. The Balaban J connectivity index is 1.25. The summed E-state index contributed by atoms with van der Waals surface area (Å²) in [5.74, 6) is 0.545. The van der Waals surface area contributed by atoms with Crippen molar-refractivity contribution in [2.45, 2.75) is 0 Å². The quantitative estimate of drug-likeness (QED) is 0.215. The van der Waals surface area contributed by atoms with Crippen molar-refractivity contribution >= 4 is 43.9 Å². The van der Waals surface area contributed by atoms with Crippen LogP contribution in [-0.4, -0.2) is 0 Å². The van der Waals surface area contributed by atoms with E-state index in [2.05, 4.69) is 158 Å². The molecule has 0 amide bonds. The minimum Gasteiger partial charge on any atom is -0.455 e. The van der Waals surface area contributed by atoms with Crippen molar-refractivity contribution in [2.24, 2.45) is 11.8 Å². The van der Waals surface area contributed by atoms with Gasteiger partial charge in [0.1, 0.15) is 11.2 Å². The van der Waals surface area contributed by atoms with E-state index >= 15 is 0 Å². The van der Waals surface area contributed by atoms with E-state index in [1.54, 1.807) is 0 Å². The molecule has 2 atom stereocenters. The number of fused-ring (bicyclic) bond motifs is 7. The van der Waals surface area contributed by atoms with E-state index < -0.39 is 0 Å². The molecule has 7 aromatic rings. The van der Waals surface area contributed by atoms with Gasteiger partial charge in [0, 0.05) is 28.0 Å². The Bertz CT molecular complexity index is 2400. The molecule has 0 radical (unpaired) electrons. The van der Waals surface area contributed by atoms with Crippen LogP contribution < -0.4 is 10.4 Å². The molecule has 2 aliphatic carbocycles. The smallest absolute Gasteiger partial charge is 0.143 e. The van der Waals surface area contributed by atoms with Gasteiger partial charge in [-0.3, -0.25) is 0 Å². The Morgan fingerprint density at radius 3 is 1.88 bits per heavy atom. The number of allylic oxidation sites excluding steroid dienone is 4. The summed E-state index contributed by atoms with van der Waals surface area (Å²) in [6.45, 7) is 0. The van der Waals surface area contributed by atoms with Crippen LogP contribution in [0.25, 0.3) is 55.0 Å². The van der Waals surface area contributed by atoms with E-state index in [4.69, 9.17) is 4.42 Å². The second-order valence-electron chi connectivity index (χ2n) is 11.6. The van der Waals surface area contributed by atoms with Crippen molar-refractivity contribution < 1.29 is 4.42 Å². The minimum atomic E-state index is 0.263. The molecule has 2 aliphatic rings. The van der Waals surface area contributed by atoms with Gasteiger partial charge < -0.3 is 4.42 Å². The predicted octanol–water partition coefficient (Wildman–Crippen LogP) is 9.18. The molecule has 1 heteroatoms. The van der Waals surface area contributed by atoms with Crippen LogP contribution in [0.3, 0.4) is 0 Å². The third-order valence-corrected chi connectivity index (χ3v) is 9.26. The molecule has 0 bridgehead atoms. The zero-order valence-electron chi connectivity index (χ0n) is 23.6. The molecule has 0 aliphatic heterocycles. The average molecular weight is 549 g/mol. The SMILES string of the molecule is C1=CC2C(c3ccccc3)=c3ccccc3=C(c3cccc(-c4ccc5oc6c7ccccc7ccc6c5c4)c3)C2C=C1. The van der Waals surface area contributed by atoms with E-state index in [1.165, 1.54) is 49.2 Å². The Morgan fingerprint density at radius 1 is 0.419 bits per heavy atom. The monoisotopic (exact) mass is 548 g/mol. The molecule has 0 N–H and O–H groups in total. The Morgan fingerprint density at radius 2 is 1.07 bits per heavy atom. The van der Waals surface area contributed by atoms with Crippen molar-refractivity contribution in [3.63, 3.8) is 0 Å². The van der Waals surface area contributed by atoms with Crippen molar-refractivity contribution in [3.05, 3.63) is 179 Å². The maximum absolute atomic E-state index is 6.40. The highest BCUT2D eigenvalue weighted by atomic mass is 16.3. The lowest BCUT2D eigenvalue weighted by Gasteiger charge is -2.33. The molecule has 0 saturated heterocycles. The number of hydrogen-bond donors (Lipinski definition) is 0. The summed E-state index contributed by atoms with van der Waals surface area (Å²) in [6, 6.07) is 48.4. The van der Waals surface area contributed by atoms with Gasteiger partial charge in [0.25, 0.3) is 0 Å². The van der Waals surface area contributed by atoms with Gasteiger partial charge >= 0.3 is 0 Å². The van der Waals surface area contributed by atoms with E-state index in [9.17, 15) is 0 Å². The van der Waals surface area contributed by atoms with Crippen molar-refractivity contribution in [1.29, 1.82) is 0 Å². The fourth-order valence-corrected chi connectivity index (χ4v) is 7.33. The summed E-state index contributed by atoms with van der Waals surface area (Å²) >= 11 is 0. The molecule has 202 valence electrons. The first kappa shape index (κ1) is 24.2. The molecule has 43 heavy (non-hydrogen) atoms. The van der Waals surface area contributed by atoms with Crippen molar-refractivity contribution in [1.82, 2.24) is 0 Å². The highest BCUT2D eigenvalue weighted by Crippen LogP contribution is 2.41. The molecule has 9 rings (SSSR count). The number of furan rings is 1. The average Bonchev–Trinajstić information content (AvgIpc) is 3.46. The van der Waals surface area contributed by atoms with Crippen LogP contribution in [-0.2, 0) is 0 Å². The standard InChI is InChI=1S/C42H28O/c1-2-12-28(13-3-1)40-33-17-6-8-19-35(33)41(36-20-9-7-18-34(36)40)31-15-10-14-29(25-31)30-22-24-39-38(26-30)37-23-21-27-11-4-5-16-32(27)42(37)43-39/h1-26,33,35H. The van der Waals surface area contributed by atoms with Gasteiger partial charge in [0.15, 0.2) is 0 Å². The van der Waals surface area contributed by atoms with Gasteiger partial charge in [0.2, 0.25) is 0 Å². The normalized spacial score (nSPS) is 17.5. The summed E-state index contributed by atoms with van der Waals surface area (Å²) in [4.78, 5) is 0. The topological polar surface area (TPSA) is 13.1 Å². The Labute approximate surface area is 250 Å². The third kappa shape index (κ3) is 3.78. The second-order valence-corrected chi connectivity index (χ2v) is 11.6. The van der Waals surface area contributed by atoms with E-state index in [-0.39, 0.29) is 11.8 Å². The zero-order valence-corrected chi connectivity index (χ0v) is 23.6. The van der Waals surface area contributed by atoms with Crippen LogP contribution in [0.4, 0.5) is 0 Å². The highest BCUT2D eigenvalue weighted by Gasteiger charge is 2.31. The van der Waals surface area contributed by atoms with Gasteiger partial charge in [-0.15, -0.1) is 0 Å². The predicted molar refractivity (Wildman–Crippen MR) is 179 cm³/mol. The maximum Gasteiger partial charge on any atom is 0.143 e. The molecule has 0 saturated carbocycles. The molecule has 0 fully saturated rings. The number of rotatable bonds is 3. The molecule has 6 aromatic carbocycles. The molecule has 2 unspecified atom stereocenters. The zero-order chi connectivity index (χ0) is 28.3. The van der Waals surface area contributed by atoms with Crippen molar-refractivity contribution in [2.75, 3.05) is 0 Å². The van der Waals surface area contributed by atoms with Crippen LogP contribution >= 0.6 is 0 Å². The molecule has 1 nitrogen and oxygen atoms in total. The minimum absolute atomic E-state index is 0.263. The van der Waals surface area contributed by atoms with Gasteiger partial charge in [-0.25, -0.2) is 0 Å². The lowest BCUT2D eigenvalue weighted by Crippen LogP contribution is -2.40. The Kier molecular flexibility index (Phi) is 5.39. The number of benzene rings is 6. The maximum atomic E-state index is 6.40. The summed E-state index contributed by atoms with van der Waals surface area (Å²) in [6.07, 6.45) is 9.19. The highest BCUT2D eigenvalue weighted by molar-refractivity contribution is 6.15. The molecular weight excluding hydrogens is 520 g/mol. The van der Waals surface area contributed by atoms with Crippen LogP contribution in [0.15, 0.2) is 162 Å². The molecule has 1 aromatic heterocycles. The van der Waals surface area contributed by atoms with E-state index in [1.807, 2.05) is 0 Å². The summed E-state index contributed by atoms with van der Waals surface area (Å²) in [5.41, 5.74) is 9.66. The van der Waals surface area contributed by atoms with Gasteiger partial charge in [-0.1, -0.05) is 133 Å². The summed E-state index contributed by atoms with van der Waals surface area (Å²) in [5, 5.41) is 7.32.